The van der Waals surface area contributed by atoms with Crippen LogP contribution in [-0.2, 0) is 4.74 Å². The van der Waals surface area contributed by atoms with Gasteiger partial charge in [0.05, 0.1) is 19.3 Å². The Morgan fingerprint density at radius 3 is 2.38 bits per heavy atom. The van der Waals surface area contributed by atoms with Gasteiger partial charge in [-0.2, -0.15) is 0 Å². The highest BCUT2D eigenvalue weighted by Crippen LogP contribution is 2.19. The Morgan fingerprint density at radius 1 is 1.33 bits per heavy atom. The number of rotatable bonds is 5. The summed E-state index contributed by atoms with van der Waals surface area (Å²) in [5.41, 5.74) is 0.0811. The molecule has 0 aliphatic carbocycles. The van der Waals surface area contributed by atoms with Gasteiger partial charge in [0.2, 0.25) is 0 Å². The second-order valence-corrected chi connectivity index (χ2v) is 6.63. The van der Waals surface area contributed by atoms with Crippen LogP contribution in [0.5, 0.6) is 0 Å². The third-order valence-corrected chi connectivity index (χ3v) is 3.20. The molecule has 0 aliphatic rings. The van der Waals surface area contributed by atoms with Crippen molar-refractivity contribution >= 4 is 22.0 Å². The van der Waals surface area contributed by atoms with Crippen LogP contribution in [0.1, 0.15) is 32.4 Å². The lowest BCUT2D eigenvalue weighted by Gasteiger charge is -2.28. The maximum absolute atomic E-state index is 12.0. The first-order valence-corrected chi connectivity index (χ1v) is 7.54. The number of aliphatic hydroxyl groups excluding tert-OH is 2. The minimum atomic E-state index is -0.836. The van der Waals surface area contributed by atoms with E-state index in [9.17, 15) is 9.90 Å². The molecule has 6 heteroatoms. The smallest absolute Gasteiger partial charge is 0.410 e. The Kier molecular flexibility index (Phi) is 6.64. The summed E-state index contributed by atoms with van der Waals surface area (Å²) in [7, 11) is 0. The van der Waals surface area contributed by atoms with Gasteiger partial charge in [-0.15, -0.1) is 0 Å². The van der Waals surface area contributed by atoms with Gasteiger partial charge < -0.3 is 19.8 Å². The summed E-state index contributed by atoms with van der Waals surface area (Å²) >= 11 is 3.33. The lowest BCUT2D eigenvalue weighted by molar-refractivity contribution is 0.0109. The number of halogens is 1. The van der Waals surface area contributed by atoms with Gasteiger partial charge in [-0.3, -0.25) is 0 Å². The molecule has 1 unspecified atom stereocenters. The summed E-state index contributed by atoms with van der Waals surface area (Å²) in [6.07, 6.45) is -1.38. The van der Waals surface area contributed by atoms with E-state index in [4.69, 9.17) is 9.84 Å². The Bertz CT molecular complexity index is 456. The van der Waals surface area contributed by atoms with Gasteiger partial charge >= 0.3 is 6.09 Å². The van der Waals surface area contributed by atoms with E-state index < -0.39 is 17.8 Å². The van der Waals surface area contributed by atoms with Gasteiger partial charge in [-0.1, -0.05) is 28.1 Å². The maximum Gasteiger partial charge on any atom is 0.410 e. The van der Waals surface area contributed by atoms with Crippen LogP contribution in [0.15, 0.2) is 28.7 Å². The summed E-state index contributed by atoms with van der Waals surface area (Å²) in [5.74, 6) is 0. The Hall–Kier alpha value is -1.11. The molecule has 0 saturated heterocycles. The number of carbonyl (C=O) groups excluding carboxylic acids is 1. The van der Waals surface area contributed by atoms with E-state index in [0.29, 0.717) is 5.56 Å². The van der Waals surface area contributed by atoms with Crippen molar-refractivity contribution in [1.29, 1.82) is 0 Å². The number of hydrogen-bond donors (Lipinski definition) is 2. The SMILES string of the molecule is CC(C)(C)OC(=O)N(CCO)CC(O)c1ccc(Br)cc1. The molecule has 118 valence electrons. The highest BCUT2D eigenvalue weighted by molar-refractivity contribution is 9.10. The zero-order chi connectivity index (χ0) is 16.0. The molecule has 0 fully saturated rings. The third-order valence-electron chi connectivity index (χ3n) is 2.67. The first kappa shape index (κ1) is 17.9. The summed E-state index contributed by atoms with van der Waals surface area (Å²) < 4.78 is 6.18. The number of ether oxygens (including phenoxy) is 1. The minimum absolute atomic E-state index is 0.0666. The third kappa shape index (κ3) is 6.46. The average Bonchev–Trinajstić information content (AvgIpc) is 2.36. The minimum Gasteiger partial charge on any atom is -0.444 e. The molecule has 1 atom stereocenters. The average molecular weight is 360 g/mol. The molecule has 1 amide bonds. The van der Waals surface area contributed by atoms with Gasteiger partial charge in [0.15, 0.2) is 0 Å². The molecule has 1 aromatic rings. The summed E-state index contributed by atoms with van der Waals surface area (Å²) in [5, 5.41) is 19.3. The van der Waals surface area contributed by atoms with Gasteiger partial charge in [-0.25, -0.2) is 4.79 Å². The molecule has 0 saturated carbocycles. The van der Waals surface area contributed by atoms with Gasteiger partial charge in [0.1, 0.15) is 5.60 Å². The number of benzene rings is 1. The first-order chi connectivity index (χ1) is 9.73. The molecule has 0 spiro atoms. The molecule has 2 N–H and O–H groups in total. The first-order valence-electron chi connectivity index (χ1n) is 6.75. The second kappa shape index (κ2) is 7.77. The van der Waals surface area contributed by atoms with E-state index in [2.05, 4.69) is 15.9 Å². The van der Waals surface area contributed by atoms with Crippen molar-refractivity contribution in [2.24, 2.45) is 0 Å². The zero-order valence-corrected chi connectivity index (χ0v) is 14.1. The molecule has 0 heterocycles. The van der Waals surface area contributed by atoms with E-state index in [-0.39, 0.29) is 19.7 Å². The number of carbonyl (C=O) groups is 1. The van der Waals surface area contributed by atoms with Crippen molar-refractivity contribution in [3.63, 3.8) is 0 Å². The fraction of sp³-hybridized carbons (Fsp3) is 0.533. The Balaban J connectivity index is 2.73. The normalized spacial score (nSPS) is 12.9. The largest absolute Gasteiger partial charge is 0.444 e. The van der Waals surface area contributed by atoms with Crippen LogP contribution in [0, 0.1) is 0 Å². The quantitative estimate of drug-likeness (QED) is 0.847. The molecule has 21 heavy (non-hydrogen) atoms. The zero-order valence-electron chi connectivity index (χ0n) is 12.5. The van der Waals surface area contributed by atoms with Crippen molar-refractivity contribution in [3.8, 4) is 0 Å². The van der Waals surface area contributed by atoms with Crippen LogP contribution in [-0.4, -0.2) is 46.5 Å². The monoisotopic (exact) mass is 359 g/mol. The van der Waals surface area contributed by atoms with Crippen LogP contribution < -0.4 is 0 Å². The van der Waals surface area contributed by atoms with Crippen molar-refractivity contribution < 1.29 is 19.7 Å². The molecule has 1 rings (SSSR count). The second-order valence-electron chi connectivity index (χ2n) is 5.72. The number of hydrogen-bond acceptors (Lipinski definition) is 4. The van der Waals surface area contributed by atoms with Crippen LogP contribution in [0.4, 0.5) is 4.79 Å². The Labute approximate surface area is 133 Å². The highest BCUT2D eigenvalue weighted by Gasteiger charge is 2.24. The summed E-state index contributed by atoms with van der Waals surface area (Å²) in [6.45, 7) is 5.30. The molecular weight excluding hydrogens is 338 g/mol. The molecule has 0 aliphatic heterocycles. The standard InChI is InChI=1S/C15H22BrNO4/c1-15(2,3)21-14(20)17(8-9-18)10-13(19)11-4-6-12(16)7-5-11/h4-7,13,18-19H,8-10H2,1-3H3. The van der Waals surface area contributed by atoms with Crippen LogP contribution in [0.3, 0.4) is 0 Å². The molecule has 5 nitrogen and oxygen atoms in total. The van der Waals surface area contributed by atoms with E-state index >= 15 is 0 Å². The predicted octanol–water partition coefficient (Wildman–Crippen LogP) is 2.71. The predicted molar refractivity (Wildman–Crippen MR) is 84.0 cm³/mol. The van der Waals surface area contributed by atoms with Gasteiger partial charge in [-0.05, 0) is 38.5 Å². The number of amides is 1. The van der Waals surface area contributed by atoms with Crippen molar-refractivity contribution in [2.45, 2.75) is 32.5 Å². The maximum atomic E-state index is 12.0. The topological polar surface area (TPSA) is 70.0 Å². The summed E-state index contributed by atoms with van der Waals surface area (Å²) in [4.78, 5) is 13.3. The lowest BCUT2D eigenvalue weighted by Crippen LogP contribution is -2.40. The van der Waals surface area contributed by atoms with Crippen molar-refractivity contribution in [1.82, 2.24) is 4.90 Å². The van der Waals surface area contributed by atoms with Crippen LogP contribution in [0.2, 0.25) is 0 Å². The highest BCUT2D eigenvalue weighted by atomic mass is 79.9. The van der Waals surface area contributed by atoms with E-state index in [1.165, 1.54) is 4.90 Å². The van der Waals surface area contributed by atoms with Gasteiger partial charge in [0, 0.05) is 11.0 Å². The molecular formula is C15H22BrNO4. The van der Waals surface area contributed by atoms with Gasteiger partial charge in [0.25, 0.3) is 0 Å². The number of aliphatic hydroxyl groups is 2. The summed E-state index contributed by atoms with van der Waals surface area (Å²) in [6, 6.07) is 7.20. The molecule has 0 bridgehead atoms. The fourth-order valence-corrected chi connectivity index (χ4v) is 1.97. The van der Waals surface area contributed by atoms with Crippen LogP contribution >= 0.6 is 15.9 Å². The molecule has 0 radical (unpaired) electrons. The van der Waals surface area contributed by atoms with E-state index in [1.807, 2.05) is 12.1 Å². The lowest BCUT2D eigenvalue weighted by atomic mass is 10.1. The molecule has 0 aromatic heterocycles. The van der Waals surface area contributed by atoms with Crippen molar-refractivity contribution in [2.75, 3.05) is 19.7 Å². The Morgan fingerprint density at radius 2 is 1.90 bits per heavy atom. The van der Waals surface area contributed by atoms with Crippen LogP contribution in [0.25, 0.3) is 0 Å². The van der Waals surface area contributed by atoms with E-state index in [0.717, 1.165) is 4.47 Å². The van der Waals surface area contributed by atoms with E-state index in [1.54, 1.807) is 32.9 Å². The fourth-order valence-electron chi connectivity index (χ4n) is 1.70. The molecule has 1 aromatic carbocycles. The van der Waals surface area contributed by atoms with Crippen molar-refractivity contribution in [3.05, 3.63) is 34.3 Å². The number of nitrogens with zero attached hydrogens (tertiary/aromatic N) is 1.